The minimum atomic E-state index is -5.08. The molecule has 10 heteroatoms. The van der Waals surface area contributed by atoms with Gasteiger partial charge in [0.1, 0.15) is 5.82 Å². The van der Waals surface area contributed by atoms with Crippen molar-refractivity contribution in [3.8, 4) is 0 Å². The van der Waals surface area contributed by atoms with Crippen LogP contribution in [0.4, 0.5) is 17.6 Å². The normalized spacial score (nSPS) is 20.5. The second kappa shape index (κ2) is 9.23. The molecule has 1 aromatic heterocycles. The maximum atomic E-state index is 13.1. The predicted octanol–water partition coefficient (Wildman–Crippen LogP) is 3.65. The molecular weight excluding hydrogens is 430 g/mol. The van der Waals surface area contributed by atoms with E-state index in [4.69, 9.17) is 9.90 Å². The van der Waals surface area contributed by atoms with Crippen LogP contribution in [0.2, 0.25) is 0 Å². The molecule has 0 aliphatic carbocycles. The lowest BCUT2D eigenvalue weighted by Gasteiger charge is -2.50. The number of hydrogen-bond acceptors (Lipinski definition) is 4. The van der Waals surface area contributed by atoms with Gasteiger partial charge in [0.2, 0.25) is 0 Å². The van der Waals surface area contributed by atoms with Crippen molar-refractivity contribution in [2.24, 2.45) is 0 Å². The number of alkyl halides is 3. The van der Waals surface area contributed by atoms with Gasteiger partial charge in [-0.1, -0.05) is 12.1 Å². The molecular formula is C22H23F4N3O3. The first-order chi connectivity index (χ1) is 15.0. The Hall–Kier alpha value is -3.01. The monoisotopic (exact) mass is 453 g/mol. The number of carbonyl (C=O) groups is 2. The minimum absolute atomic E-state index is 0.0676. The first kappa shape index (κ1) is 23.6. The first-order valence-corrected chi connectivity index (χ1v) is 10.0. The Morgan fingerprint density at radius 3 is 2.22 bits per heavy atom. The molecule has 2 aliphatic heterocycles. The number of carboxylic acids is 1. The van der Waals surface area contributed by atoms with E-state index < -0.39 is 12.1 Å². The van der Waals surface area contributed by atoms with E-state index in [1.807, 2.05) is 36.1 Å². The van der Waals surface area contributed by atoms with Crippen molar-refractivity contribution in [3.05, 3.63) is 65.2 Å². The lowest BCUT2D eigenvalue weighted by molar-refractivity contribution is -0.192. The zero-order valence-electron chi connectivity index (χ0n) is 17.4. The fourth-order valence-electron chi connectivity index (χ4n) is 3.91. The Balaban J connectivity index is 0.000000360. The van der Waals surface area contributed by atoms with Gasteiger partial charge in [0.25, 0.3) is 5.91 Å². The minimum Gasteiger partial charge on any atom is -0.475 e. The number of amides is 1. The molecule has 1 aromatic carbocycles. The van der Waals surface area contributed by atoms with Gasteiger partial charge in [-0.05, 0) is 49.6 Å². The molecule has 1 unspecified atom stereocenters. The van der Waals surface area contributed by atoms with Crippen LogP contribution in [0.1, 0.15) is 34.5 Å². The molecule has 6 nitrogen and oxygen atoms in total. The van der Waals surface area contributed by atoms with E-state index in [-0.39, 0.29) is 17.3 Å². The molecule has 32 heavy (non-hydrogen) atoms. The Morgan fingerprint density at radius 1 is 1.09 bits per heavy atom. The highest BCUT2D eigenvalue weighted by Gasteiger charge is 2.50. The Kier molecular flexibility index (Phi) is 6.82. The summed E-state index contributed by atoms with van der Waals surface area (Å²) in [6.07, 6.45) is -1.30. The highest BCUT2D eigenvalue weighted by Crippen LogP contribution is 2.40. The standard InChI is InChI=1S/C20H22FN3O.C2HF3O2/c1-15-2-5-17(12-22-15)19(25)23-10-8-20(14-23)9-11-24(20)13-16-3-6-18(21)7-4-16;3-2(4,5)1(6)7/h2-7,12H,8-11,13-14H2,1H3;(H,6,7). The van der Waals surface area contributed by atoms with Crippen LogP contribution in [0.15, 0.2) is 42.6 Å². The van der Waals surface area contributed by atoms with Gasteiger partial charge in [-0.3, -0.25) is 14.7 Å². The van der Waals surface area contributed by atoms with E-state index in [9.17, 15) is 22.4 Å². The summed E-state index contributed by atoms with van der Waals surface area (Å²) in [5, 5.41) is 7.12. The van der Waals surface area contributed by atoms with Crippen molar-refractivity contribution in [3.63, 3.8) is 0 Å². The number of halogens is 4. The summed E-state index contributed by atoms with van der Waals surface area (Å²) in [4.78, 5) is 30.2. The average Bonchev–Trinajstić information content (AvgIpc) is 3.20. The number of aromatic nitrogens is 1. The number of aryl methyl sites for hydroxylation is 1. The number of benzene rings is 1. The van der Waals surface area contributed by atoms with Crippen molar-refractivity contribution < 1.29 is 32.3 Å². The molecule has 1 spiro atoms. The molecule has 2 aliphatic rings. The van der Waals surface area contributed by atoms with Gasteiger partial charge in [0, 0.05) is 43.6 Å². The lowest BCUT2D eigenvalue weighted by Crippen LogP contribution is -2.60. The number of rotatable bonds is 3. The number of pyridine rings is 1. The van der Waals surface area contributed by atoms with E-state index in [2.05, 4.69) is 9.88 Å². The fourth-order valence-corrected chi connectivity index (χ4v) is 3.91. The van der Waals surface area contributed by atoms with Crippen molar-refractivity contribution in [1.29, 1.82) is 0 Å². The van der Waals surface area contributed by atoms with E-state index >= 15 is 0 Å². The highest BCUT2D eigenvalue weighted by atomic mass is 19.4. The third-order valence-corrected chi connectivity index (χ3v) is 5.82. The van der Waals surface area contributed by atoms with Crippen LogP contribution in [-0.2, 0) is 11.3 Å². The van der Waals surface area contributed by atoms with E-state index in [1.165, 1.54) is 12.1 Å². The largest absolute Gasteiger partial charge is 0.490 e. The van der Waals surface area contributed by atoms with Gasteiger partial charge < -0.3 is 10.0 Å². The highest BCUT2D eigenvalue weighted by molar-refractivity contribution is 5.94. The summed E-state index contributed by atoms with van der Waals surface area (Å²) in [6, 6.07) is 10.4. The van der Waals surface area contributed by atoms with E-state index in [0.717, 1.165) is 50.3 Å². The number of aliphatic carboxylic acids is 1. The Labute approximate surface area is 182 Å². The second-order valence-electron chi connectivity index (χ2n) is 7.99. The summed E-state index contributed by atoms with van der Waals surface area (Å²) >= 11 is 0. The van der Waals surface area contributed by atoms with Crippen LogP contribution in [0, 0.1) is 12.7 Å². The third-order valence-electron chi connectivity index (χ3n) is 5.82. The van der Waals surface area contributed by atoms with Gasteiger partial charge in [0.15, 0.2) is 0 Å². The topological polar surface area (TPSA) is 73.7 Å². The van der Waals surface area contributed by atoms with Crippen LogP contribution in [0.5, 0.6) is 0 Å². The molecule has 3 heterocycles. The zero-order valence-corrected chi connectivity index (χ0v) is 17.4. The molecule has 172 valence electrons. The molecule has 1 amide bonds. The summed E-state index contributed by atoms with van der Waals surface area (Å²) in [5.41, 5.74) is 2.78. The number of hydrogen-bond donors (Lipinski definition) is 1. The quantitative estimate of drug-likeness (QED) is 0.719. The molecule has 2 saturated heterocycles. The molecule has 0 saturated carbocycles. The van der Waals surface area contributed by atoms with Crippen molar-refractivity contribution in [1.82, 2.24) is 14.8 Å². The Morgan fingerprint density at radius 2 is 1.72 bits per heavy atom. The van der Waals surface area contributed by atoms with Crippen LogP contribution in [-0.4, -0.2) is 63.1 Å². The zero-order chi connectivity index (χ0) is 23.5. The van der Waals surface area contributed by atoms with E-state index in [1.54, 1.807) is 6.20 Å². The van der Waals surface area contributed by atoms with E-state index in [0.29, 0.717) is 5.56 Å². The number of carboxylic acid groups (broad SMARTS) is 1. The molecule has 2 fully saturated rings. The average molecular weight is 453 g/mol. The third kappa shape index (κ3) is 5.42. The van der Waals surface area contributed by atoms with Crippen LogP contribution >= 0.6 is 0 Å². The number of likely N-dealkylation sites (tertiary alicyclic amines) is 2. The smallest absolute Gasteiger partial charge is 0.475 e. The number of nitrogens with zero attached hydrogens (tertiary/aromatic N) is 3. The molecule has 4 rings (SSSR count). The SMILES string of the molecule is Cc1ccc(C(=O)N2CCC3(CCN3Cc3ccc(F)cc3)C2)cn1.O=C(O)C(F)(F)F. The summed E-state index contributed by atoms with van der Waals surface area (Å²) < 4.78 is 44.8. The van der Waals surface area contributed by atoms with Crippen LogP contribution in [0.25, 0.3) is 0 Å². The molecule has 0 bridgehead atoms. The maximum Gasteiger partial charge on any atom is 0.490 e. The summed E-state index contributed by atoms with van der Waals surface area (Å²) in [5.74, 6) is -2.89. The molecule has 0 radical (unpaired) electrons. The molecule has 1 N–H and O–H groups in total. The summed E-state index contributed by atoms with van der Waals surface area (Å²) in [7, 11) is 0. The number of carbonyl (C=O) groups excluding carboxylic acids is 1. The van der Waals surface area contributed by atoms with Crippen LogP contribution in [0.3, 0.4) is 0 Å². The lowest BCUT2D eigenvalue weighted by atomic mass is 9.83. The van der Waals surface area contributed by atoms with Crippen molar-refractivity contribution in [2.45, 2.75) is 38.0 Å². The van der Waals surface area contributed by atoms with Crippen LogP contribution < -0.4 is 0 Å². The van der Waals surface area contributed by atoms with Gasteiger partial charge >= 0.3 is 12.1 Å². The van der Waals surface area contributed by atoms with Gasteiger partial charge in [-0.25, -0.2) is 9.18 Å². The molecule has 2 aromatic rings. The second-order valence-corrected chi connectivity index (χ2v) is 7.99. The maximum absolute atomic E-state index is 13.1. The first-order valence-electron chi connectivity index (χ1n) is 10.0. The molecule has 1 atom stereocenters. The van der Waals surface area contributed by atoms with Gasteiger partial charge in [-0.15, -0.1) is 0 Å². The van der Waals surface area contributed by atoms with Gasteiger partial charge in [0.05, 0.1) is 5.56 Å². The van der Waals surface area contributed by atoms with Gasteiger partial charge in [-0.2, -0.15) is 13.2 Å². The van der Waals surface area contributed by atoms with Crippen molar-refractivity contribution in [2.75, 3.05) is 19.6 Å². The Bertz CT molecular complexity index is 964. The fraction of sp³-hybridized carbons (Fsp3) is 0.409. The predicted molar refractivity (Wildman–Crippen MR) is 107 cm³/mol. The summed E-state index contributed by atoms with van der Waals surface area (Å²) in [6.45, 7) is 5.31. The van der Waals surface area contributed by atoms with Crippen molar-refractivity contribution >= 4 is 11.9 Å².